The van der Waals surface area contributed by atoms with E-state index in [4.69, 9.17) is 10.5 Å². The predicted molar refractivity (Wildman–Crippen MR) is 58.9 cm³/mol. The van der Waals surface area contributed by atoms with Crippen molar-refractivity contribution in [3.05, 3.63) is 29.8 Å². The van der Waals surface area contributed by atoms with E-state index < -0.39 is 6.09 Å². The van der Waals surface area contributed by atoms with Crippen molar-refractivity contribution in [1.29, 1.82) is 0 Å². The smallest absolute Gasteiger partial charge is 0.410 e. The third-order valence-electron chi connectivity index (χ3n) is 1.85. The van der Waals surface area contributed by atoms with Gasteiger partial charge in [-0.25, -0.2) is 4.79 Å². The van der Waals surface area contributed by atoms with Crippen molar-refractivity contribution < 1.29 is 9.53 Å². The summed E-state index contributed by atoms with van der Waals surface area (Å²) >= 11 is 0. The molecule has 3 N–H and O–H groups in total. The Bertz CT molecular complexity index is 326. The highest BCUT2D eigenvalue weighted by Crippen LogP contribution is 2.12. The van der Waals surface area contributed by atoms with Crippen LogP contribution in [0.4, 0.5) is 4.79 Å². The quantitative estimate of drug-likeness (QED) is 0.736. The molecule has 15 heavy (non-hydrogen) atoms. The first-order chi connectivity index (χ1) is 7.22. The van der Waals surface area contributed by atoms with Crippen LogP contribution in [0, 0.1) is 6.92 Å². The SMILES string of the molecule is Cc1cccc(OC(=O)NCCCN)c1. The molecular weight excluding hydrogens is 192 g/mol. The zero-order valence-electron chi connectivity index (χ0n) is 8.82. The first-order valence-electron chi connectivity index (χ1n) is 4.95. The maximum atomic E-state index is 11.2. The van der Waals surface area contributed by atoms with Gasteiger partial charge in [0, 0.05) is 6.54 Å². The fourth-order valence-corrected chi connectivity index (χ4v) is 1.11. The average Bonchev–Trinajstić information content (AvgIpc) is 2.18. The molecule has 0 heterocycles. The number of carbonyl (C=O) groups is 1. The van der Waals surface area contributed by atoms with Crippen molar-refractivity contribution in [1.82, 2.24) is 5.32 Å². The lowest BCUT2D eigenvalue weighted by molar-refractivity contribution is 0.200. The molecule has 0 radical (unpaired) electrons. The average molecular weight is 208 g/mol. The number of nitrogens with one attached hydrogen (secondary N) is 1. The molecule has 1 aromatic rings. The number of hydrogen-bond acceptors (Lipinski definition) is 3. The van der Waals surface area contributed by atoms with Gasteiger partial charge in [0.25, 0.3) is 0 Å². The lowest BCUT2D eigenvalue weighted by Gasteiger charge is -2.06. The molecule has 0 bridgehead atoms. The number of rotatable bonds is 4. The van der Waals surface area contributed by atoms with Crippen LogP contribution >= 0.6 is 0 Å². The molecule has 4 heteroatoms. The second-order valence-electron chi connectivity index (χ2n) is 3.28. The molecule has 4 nitrogen and oxygen atoms in total. The van der Waals surface area contributed by atoms with E-state index in [9.17, 15) is 4.79 Å². The summed E-state index contributed by atoms with van der Waals surface area (Å²) in [6.07, 6.45) is 0.317. The fourth-order valence-electron chi connectivity index (χ4n) is 1.11. The highest BCUT2D eigenvalue weighted by molar-refractivity contribution is 5.70. The fraction of sp³-hybridized carbons (Fsp3) is 0.364. The van der Waals surface area contributed by atoms with Crippen LogP contribution in [0.1, 0.15) is 12.0 Å². The molecule has 0 saturated carbocycles. The molecule has 0 spiro atoms. The number of ether oxygens (including phenoxy) is 1. The lowest BCUT2D eigenvalue weighted by atomic mass is 10.2. The molecule has 1 aromatic carbocycles. The summed E-state index contributed by atoms with van der Waals surface area (Å²) < 4.78 is 5.05. The Kier molecular flexibility index (Phi) is 4.63. The Morgan fingerprint density at radius 1 is 1.53 bits per heavy atom. The van der Waals surface area contributed by atoms with Gasteiger partial charge in [0.2, 0.25) is 0 Å². The van der Waals surface area contributed by atoms with E-state index in [1.165, 1.54) is 0 Å². The van der Waals surface area contributed by atoms with Gasteiger partial charge in [-0.15, -0.1) is 0 Å². The zero-order valence-corrected chi connectivity index (χ0v) is 8.82. The normalized spacial score (nSPS) is 9.73. The second-order valence-corrected chi connectivity index (χ2v) is 3.28. The second kappa shape index (κ2) is 6.03. The van der Waals surface area contributed by atoms with Crippen LogP contribution in [0.2, 0.25) is 0 Å². The van der Waals surface area contributed by atoms with Gasteiger partial charge in [-0.3, -0.25) is 0 Å². The van der Waals surface area contributed by atoms with Gasteiger partial charge in [-0.2, -0.15) is 0 Å². The highest BCUT2D eigenvalue weighted by atomic mass is 16.5. The number of benzene rings is 1. The lowest BCUT2D eigenvalue weighted by Crippen LogP contribution is -2.28. The molecule has 1 amide bonds. The first kappa shape index (κ1) is 11.5. The summed E-state index contributed by atoms with van der Waals surface area (Å²) in [5.41, 5.74) is 6.35. The van der Waals surface area contributed by atoms with Crippen LogP contribution in [-0.2, 0) is 0 Å². The van der Waals surface area contributed by atoms with Gasteiger partial charge in [0.1, 0.15) is 5.75 Å². The molecule has 0 aromatic heterocycles. The largest absolute Gasteiger partial charge is 0.412 e. The number of hydrogen-bond donors (Lipinski definition) is 2. The summed E-state index contributed by atoms with van der Waals surface area (Å²) in [6, 6.07) is 7.34. The van der Waals surface area contributed by atoms with Crippen LogP contribution in [-0.4, -0.2) is 19.2 Å². The molecule has 1 rings (SSSR count). The molecule has 0 aliphatic carbocycles. The molecule has 82 valence electrons. The number of nitrogens with two attached hydrogens (primary N) is 1. The minimum Gasteiger partial charge on any atom is -0.410 e. The maximum Gasteiger partial charge on any atom is 0.412 e. The Balaban J connectivity index is 2.37. The van der Waals surface area contributed by atoms with E-state index in [-0.39, 0.29) is 0 Å². The van der Waals surface area contributed by atoms with Crippen LogP contribution in [0.25, 0.3) is 0 Å². The van der Waals surface area contributed by atoms with Crippen molar-refractivity contribution >= 4 is 6.09 Å². The van der Waals surface area contributed by atoms with Gasteiger partial charge in [0.05, 0.1) is 0 Å². The molecule has 0 unspecified atom stereocenters. The third kappa shape index (κ3) is 4.46. The highest BCUT2D eigenvalue weighted by Gasteiger charge is 2.02. The van der Waals surface area contributed by atoms with Crippen LogP contribution in [0.5, 0.6) is 5.75 Å². The van der Waals surface area contributed by atoms with E-state index >= 15 is 0 Å². The van der Waals surface area contributed by atoms with Crippen molar-refractivity contribution in [2.24, 2.45) is 5.73 Å². The molecule has 0 aliphatic rings. The third-order valence-corrected chi connectivity index (χ3v) is 1.85. The van der Waals surface area contributed by atoms with E-state index in [2.05, 4.69) is 5.32 Å². The summed E-state index contributed by atoms with van der Waals surface area (Å²) in [5.74, 6) is 0.556. The summed E-state index contributed by atoms with van der Waals surface area (Å²) in [6.45, 7) is 3.05. The maximum absolute atomic E-state index is 11.2. The summed E-state index contributed by atoms with van der Waals surface area (Å²) in [7, 11) is 0. The molecule has 0 atom stereocenters. The minimum atomic E-state index is -0.436. The van der Waals surface area contributed by atoms with Crippen molar-refractivity contribution in [2.45, 2.75) is 13.3 Å². The first-order valence-corrected chi connectivity index (χ1v) is 4.95. The van der Waals surface area contributed by atoms with Crippen LogP contribution in [0.3, 0.4) is 0 Å². The van der Waals surface area contributed by atoms with E-state index in [1.54, 1.807) is 6.07 Å². The van der Waals surface area contributed by atoms with E-state index in [0.717, 1.165) is 12.0 Å². The Morgan fingerprint density at radius 3 is 3.00 bits per heavy atom. The predicted octanol–water partition coefficient (Wildman–Crippen LogP) is 1.43. The Hall–Kier alpha value is -1.55. The molecule has 0 fully saturated rings. The monoisotopic (exact) mass is 208 g/mol. The van der Waals surface area contributed by atoms with Crippen LogP contribution in [0.15, 0.2) is 24.3 Å². The standard InChI is InChI=1S/C11H16N2O2/c1-9-4-2-5-10(8-9)15-11(14)13-7-3-6-12/h2,4-5,8H,3,6-7,12H2,1H3,(H,13,14). The van der Waals surface area contributed by atoms with E-state index in [1.807, 2.05) is 25.1 Å². The number of carbonyl (C=O) groups excluding carboxylic acids is 1. The number of amides is 1. The molecule has 0 saturated heterocycles. The molecule has 0 aliphatic heterocycles. The summed E-state index contributed by atoms with van der Waals surface area (Å²) in [5, 5.41) is 2.61. The van der Waals surface area contributed by atoms with Crippen molar-refractivity contribution in [2.75, 3.05) is 13.1 Å². The van der Waals surface area contributed by atoms with Gasteiger partial charge in [-0.05, 0) is 37.6 Å². The van der Waals surface area contributed by atoms with Gasteiger partial charge >= 0.3 is 6.09 Å². The van der Waals surface area contributed by atoms with E-state index in [0.29, 0.717) is 18.8 Å². The zero-order chi connectivity index (χ0) is 11.1. The van der Waals surface area contributed by atoms with Gasteiger partial charge in [0.15, 0.2) is 0 Å². The van der Waals surface area contributed by atoms with Gasteiger partial charge in [-0.1, -0.05) is 12.1 Å². The summed E-state index contributed by atoms with van der Waals surface area (Å²) in [4.78, 5) is 11.2. The van der Waals surface area contributed by atoms with Crippen molar-refractivity contribution in [3.8, 4) is 5.75 Å². The Labute approximate surface area is 89.4 Å². The topological polar surface area (TPSA) is 64.3 Å². The van der Waals surface area contributed by atoms with Crippen molar-refractivity contribution in [3.63, 3.8) is 0 Å². The molecular formula is C11H16N2O2. The van der Waals surface area contributed by atoms with Gasteiger partial charge < -0.3 is 15.8 Å². The minimum absolute atomic E-state index is 0.436. The van der Waals surface area contributed by atoms with Crippen LogP contribution < -0.4 is 15.8 Å². The number of aryl methyl sites for hydroxylation is 1. The Morgan fingerprint density at radius 2 is 2.33 bits per heavy atom.